The number of hydrogen-bond donors (Lipinski definition) is 1. The van der Waals surface area contributed by atoms with Crippen LogP contribution in [0, 0.1) is 11.6 Å². The second-order valence-electron chi connectivity index (χ2n) is 4.63. The number of fused-ring (bicyclic) bond motifs is 1. The molecule has 2 aromatic rings. The van der Waals surface area contributed by atoms with Gasteiger partial charge in [-0.05, 0) is 29.8 Å². The van der Waals surface area contributed by atoms with Crippen LogP contribution in [0.1, 0.15) is 5.56 Å². The SMILES string of the molecule is NC[C@H]1Cc2cc(F)cc(-c3cccc(F)c3)c2O1. The number of nitrogens with two attached hydrogens (primary N) is 1. The lowest BCUT2D eigenvalue weighted by Gasteiger charge is -2.11. The van der Waals surface area contributed by atoms with E-state index in [-0.39, 0.29) is 17.7 Å². The van der Waals surface area contributed by atoms with Crippen LogP contribution in [0.5, 0.6) is 5.75 Å². The number of ether oxygens (including phenoxy) is 1. The lowest BCUT2D eigenvalue weighted by molar-refractivity contribution is 0.242. The molecule has 0 radical (unpaired) electrons. The Morgan fingerprint density at radius 2 is 2.00 bits per heavy atom. The van der Waals surface area contributed by atoms with E-state index in [1.54, 1.807) is 12.1 Å². The molecule has 0 aromatic heterocycles. The number of halogens is 2. The molecule has 2 nitrogen and oxygen atoms in total. The fourth-order valence-corrected chi connectivity index (χ4v) is 2.40. The fourth-order valence-electron chi connectivity index (χ4n) is 2.40. The minimum Gasteiger partial charge on any atom is -0.488 e. The maximum Gasteiger partial charge on any atom is 0.131 e. The van der Waals surface area contributed by atoms with E-state index >= 15 is 0 Å². The van der Waals surface area contributed by atoms with E-state index in [1.807, 2.05) is 0 Å². The van der Waals surface area contributed by atoms with E-state index in [1.165, 1.54) is 24.3 Å². The highest BCUT2D eigenvalue weighted by atomic mass is 19.1. The van der Waals surface area contributed by atoms with E-state index in [2.05, 4.69) is 0 Å². The summed E-state index contributed by atoms with van der Waals surface area (Å²) in [5, 5.41) is 0. The second kappa shape index (κ2) is 4.63. The third-order valence-corrected chi connectivity index (χ3v) is 3.26. The topological polar surface area (TPSA) is 35.2 Å². The van der Waals surface area contributed by atoms with E-state index < -0.39 is 0 Å². The highest BCUT2D eigenvalue weighted by Crippen LogP contribution is 2.39. The first kappa shape index (κ1) is 12.1. The molecule has 0 amide bonds. The van der Waals surface area contributed by atoms with E-state index in [4.69, 9.17) is 10.5 Å². The summed E-state index contributed by atoms with van der Waals surface area (Å²) in [4.78, 5) is 0. The van der Waals surface area contributed by atoms with Crippen LogP contribution >= 0.6 is 0 Å². The van der Waals surface area contributed by atoms with Gasteiger partial charge in [0.1, 0.15) is 23.5 Å². The Hall–Kier alpha value is -1.94. The van der Waals surface area contributed by atoms with Crippen molar-refractivity contribution in [3.8, 4) is 16.9 Å². The fraction of sp³-hybridized carbons (Fsp3) is 0.200. The molecule has 1 aliphatic rings. The minimum atomic E-state index is -0.358. The highest BCUT2D eigenvalue weighted by molar-refractivity contribution is 5.73. The van der Waals surface area contributed by atoms with Gasteiger partial charge in [0.05, 0.1) is 0 Å². The van der Waals surface area contributed by atoms with E-state index in [0.717, 1.165) is 5.56 Å². The number of hydrogen-bond acceptors (Lipinski definition) is 2. The van der Waals surface area contributed by atoms with Gasteiger partial charge in [-0.2, -0.15) is 0 Å². The molecule has 1 aliphatic heterocycles. The summed E-state index contributed by atoms with van der Waals surface area (Å²) < 4.78 is 32.7. The predicted molar refractivity (Wildman–Crippen MR) is 69.0 cm³/mol. The molecule has 0 unspecified atom stereocenters. The first-order chi connectivity index (χ1) is 9.17. The van der Waals surface area contributed by atoms with Gasteiger partial charge in [0.25, 0.3) is 0 Å². The van der Waals surface area contributed by atoms with Crippen LogP contribution in [-0.4, -0.2) is 12.6 Å². The van der Waals surface area contributed by atoms with Crippen LogP contribution < -0.4 is 10.5 Å². The van der Waals surface area contributed by atoms with Crippen molar-refractivity contribution in [1.29, 1.82) is 0 Å². The maximum atomic E-state index is 13.7. The monoisotopic (exact) mass is 261 g/mol. The highest BCUT2D eigenvalue weighted by Gasteiger charge is 2.26. The summed E-state index contributed by atoms with van der Waals surface area (Å²) in [6, 6.07) is 8.87. The first-order valence-corrected chi connectivity index (χ1v) is 6.12. The van der Waals surface area contributed by atoms with Crippen molar-refractivity contribution in [3.05, 3.63) is 53.6 Å². The normalized spacial score (nSPS) is 17.1. The van der Waals surface area contributed by atoms with Crippen LogP contribution in [0.15, 0.2) is 36.4 Å². The van der Waals surface area contributed by atoms with E-state index in [9.17, 15) is 8.78 Å². The smallest absolute Gasteiger partial charge is 0.131 e. The lowest BCUT2D eigenvalue weighted by Crippen LogP contribution is -2.24. The van der Waals surface area contributed by atoms with Gasteiger partial charge >= 0.3 is 0 Å². The molecule has 2 N–H and O–H groups in total. The minimum absolute atomic E-state index is 0.135. The summed E-state index contributed by atoms with van der Waals surface area (Å²) in [5.41, 5.74) is 7.55. The quantitative estimate of drug-likeness (QED) is 0.902. The summed E-state index contributed by atoms with van der Waals surface area (Å²) >= 11 is 0. The van der Waals surface area contributed by atoms with Gasteiger partial charge in [-0.3, -0.25) is 0 Å². The standard InChI is InChI=1S/C15H13F2NO/c16-11-3-1-2-9(4-11)14-7-12(17)5-10-6-13(8-18)19-15(10)14/h1-5,7,13H,6,8,18H2/t13-/m1/s1. The number of benzene rings is 2. The van der Waals surface area contributed by atoms with Crippen LogP contribution in [0.4, 0.5) is 8.78 Å². The molecule has 0 bridgehead atoms. The molecule has 0 saturated heterocycles. The molecular formula is C15H13F2NO. The average molecular weight is 261 g/mol. The van der Waals surface area contributed by atoms with Gasteiger partial charge in [0.15, 0.2) is 0 Å². The van der Waals surface area contributed by atoms with Gasteiger partial charge < -0.3 is 10.5 Å². The van der Waals surface area contributed by atoms with Crippen LogP contribution in [-0.2, 0) is 6.42 Å². The van der Waals surface area contributed by atoms with Gasteiger partial charge in [-0.1, -0.05) is 12.1 Å². The zero-order valence-electron chi connectivity index (χ0n) is 10.2. The summed E-state index contributed by atoms with van der Waals surface area (Å²) in [7, 11) is 0. The van der Waals surface area contributed by atoms with Crippen molar-refractivity contribution in [2.24, 2.45) is 5.73 Å². The Morgan fingerprint density at radius 1 is 1.16 bits per heavy atom. The molecule has 0 spiro atoms. The molecule has 0 saturated carbocycles. The molecule has 98 valence electrons. The zero-order valence-corrected chi connectivity index (χ0v) is 10.2. The molecule has 0 fully saturated rings. The van der Waals surface area contributed by atoms with Crippen molar-refractivity contribution in [3.63, 3.8) is 0 Å². The van der Waals surface area contributed by atoms with Crippen molar-refractivity contribution in [1.82, 2.24) is 0 Å². The molecule has 1 atom stereocenters. The third-order valence-electron chi connectivity index (χ3n) is 3.26. The Balaban J connectivity index is 2.13. The zero-order chi connectivity index (χ0) is 13.4. The van der Waals surface area contributed by atoms with Gasteiger partial charge in [-0.25, -0.2) is 8.78 Å². The number of rotatable bonds is 2. The Labute approximate surface area is 109 Å². The summed E-state index contributed by atoms with van der Waals surface area (Å²) in [6.45, 7) is 0.374. The lowest BCUT2D eigenvalue weighted by atomic mass is 10.00. The van der Waals surface area contributed by atoms with Crippen LogP contribution in [0.2, 0.25) is 0 Å². The van der Waals surface area contributed by atoms with Crippen molar-refractivity contribution in [2.75, 3.05) is 6.54 Å². The molecule has 19 heavy (non-hydrogen) atoms. The first-order valence-electron chi connectivity index (χ1n) is 6.12. The Bertz CT molecular complexity index is 628. The molecule has 3 rings (SSSR count). The maximum absolute atomic E-state index is 13.7. The molecule has 1 heterocycles. The summed E-state index contributed by atoms with van der Waals surface area (Å²) in [6.07, 6.45) is 0.454. The van der Waals surface area contributed by atoms with E-state index in [0.29, 0.717) is 29.8 Å². The molecule has 4 heteroatoms. The molecular weight excluding hydrogens is 248 g/mol. The van der Waals surface area contributed by atoms with Gasteiger partial charge in [0.2, 0.25) is 0 Å². The van der Waals surface area contributed by atoms with Crippen molar-refractivity contribution in [2.45, 2.75) is 12.5 Å². The Morgan fingerprint density at radius 3 is 2.74 bits per heavy atom. The largest absolute Gasteiger partial charge is 0.488 e. The average Bonchev–Trinajstić information content (AvgIpc) is 2.80. The Kier molecular flexibility index (Phi) is 2.95. The van der Waals surface area contributed by atoms with Crippen LogP contribution in [0.3, 0.4) is 0 Å². The second-order valence-corrected chi connectivity index (χ2v) is 4.63. The van der Waals surface area contributed by atoms with Crippen LogP contribution in [0.25, 0.3) is 11.1 Å². The third kappa shape index (κ3) is 2.19. The molecule has 2 aromatic carbocycles. The predicted octanol–water partition coefficient (Wildman–Crippen LogP) is 2.89. The van der Waals surface area contributed by atoms with Crippen molar-refractivity contribution < 1.29 is 13.5 Å². The van der Waals surface area contributed by atoms with Gasteiger partial charge in [-0.15, -0.1) is 0 Å². The van der Waals surface area contributed by atoms with Crippen molar-refractivity contribution >= 4 is 0 Å². The van der Waals surface area contributed by atoms with Gasteiger partial charge in [0, 0.05) is 24.1 Å². The summed E-state index contributed by atoms with van der Waals surface area (Å²) in [5.74, 6) is -0.0920. The molecule has 0 aliphatic carbocycles.